The van der Waals surface area contributed by atoms with Crippen LogP contribution < -0.4 is 5.32 Å². The van der Waals surface area contributed by atoms with Crippen molar-refractivity contribution in [2.75, 3.05) is 0 Å². The first-order chi connectivity index (χ1) is 14.6. The van der Waals surface area contributed by atoms with Gasteiger partial charge in [-0.25, -0.2) is 4.68 Å². The van der Waals surface area contributed by atoms with Gasteiger partial charge in [0.2, 0.25) is 0 Å². The number of hydrogen-bond donors (Lipinski definition) is 1. The van der Waals surface area contributed by atoms with E-state index in [4.69, 9.17) is 12.2 Å². The van der Waals surface area contributed by atoms with Crippen molar-refractivity contribution >= 4 is 17.3 Å². The standard InChI is InChI=1S/C22H27N7S/c1-15-12-18(16(2)29(15)27-13-24-25-14-27)21-20(19-10-6-7-11-23-19)26-22(30)28(21)17-8-4-3-5-9-17/h6-7,10-14,17,20-21H,3-5,8-9H2,1-2H3,(H,26,30)/t20-,21-/m1/s1. The summed E-state index contributed by atoms with van der Waals surface area (Å²) >= 11 is 5.89. The van der Waals surface area contributed by atoms with Crippen molar-refractivity contribution in [3.8, 4) is 0 Å². The van der Waals surface area contributed by atoms with Crippen LogP contribution in [0.5, 0.6) is 0 Å². The van der Waals surface area contributed by atoms with Crippen LogP contribution in [0.3, 0.4) is 0 Å². The maximum atomic E-state index is 5.89. The van der Waals surface area contributed by atoms with Crippen molar-refractivity contribution in [2.24, 2.45) is 0 Å². The van der Waals surface area contributed by atoms with Crippen molar-refractivity contribution < 1.29 is 0 Å². The Kier molecular flexibility index (Phi) is 5.02. The quantitative estimate of drug-likeness (QED) is 0.648. The van der Waals surface area contributed by atoms with Gasteiger partial charge in [-0.3, -0.25) is 9.66 Å². The lowest BCUT2D eigenvalue weighted by Gasteiger charge is -2.37. The molecule has 30 heavy (non-hydrogen) atoms. The number of thiocarbonyl (C=S) groups is 1. The Morgan fingerprint density at radius 3 is 2.53 bits per heavy atom. The van der Waals surface area contributed by atoms with Crippen molar-refractivity contribution in [1.82, 2.24) is 34.8 Å². The minimum Gasteiger partial charge on any atom is -0.352 e. The van der Waals surface area contributed by atoms with Crippen LogP contribution in [0.2, 0.25) is 0 Å². The van der Waals surface area contributed by atoms with Crippen molar-refractivity contribution in [3.63, 3.8) is 0 Å². The highest BCUT2D eigenvalue weighted by Gasteiger charge is 2.44. The van der Waals surface area contributed by atoms with Crippen molar-refractivity contribution in [1.29, 1.82) is 0 Å². The van der Waals surface area contributed by atoms with Crippen molar-refractivity contribution in [3.05, 3.63) is 65.8 Å². The number of aryl methyl sites for hydroxylation is 1. The van der Waals surface area contributed by atoms with E-state index in [-0.39, 0.29) is 12.1 Å². The highest BCUT2D eigenvalue weighted by Crippen LogP contribution is 2.44. The van der Waals surface area contributed by atoms with Crippen LogP contribution in [0.4, 0.5) is 0 Å². The normalized spacial score (nSPS) is 22.5. The Balaban J connectivity index is 1.62. The number of aromatic nitrogens is 5. The first-order valence-corrected chi connectivity index (χ1v) is 11.1. The fraction of sp³-hybridized carbons (Fsp3) is 0.455. The molecule has 1 saturated carbocycles. The fourth-order valence-corrected chi connectivity index (χ4v) is 5.57. The Bertz CT molecular complexity index is 1020. The van der Waals surface area contributed by atoms with Gasteiger partial charge < -0.3 is 10.2 Å². The monoisotopic (exact) mass is 421 g/mol. The largest absolute Gasteiger partial charge is 0.352 e. The molecular formula is C22H27N7S. The second-order valence-electron chi connectivity index (χ2n) is 8.31. The van der Waals surface area contributed by atoms with Gasteiger partial charge in [0.25, 0.3) is 0 Å². The lowest BCUT2D eigenvalue weighted by molar-refractivity contribution is 0.196. The molecule has 0 spiro atoms. The van der Waals surface area contributed by atoms with Crippen molar-refractivity contribution in [2.45, 2.75) is 64.1 Å². The van der Waals surface area contributed by atoms with E-state index in [9.17, 15) is 0 Å². The van der Waals surface area contributed by atoms with Crippen LogP contribution in [-0.2, 0) is 0 Å². The summed E-state index contributed by atoms with van der Waals surface area (Å²) in [5.41, 5.74) is 4.61. The second-order valence-corrected chi connectivity index (χ2v) is 8.69. The van der Waals surface area contributed by atoms with Gasteiger partial charge in [0.1, 0.15) is 12.7 Å². The summed E-state index contributed by atoms with van der Waals surface area (Å²) in [6.45, 7) is 4.29. The average Bonchev–Trinajstić information content (AvgIpc) is 3.47. The summed E-state index contributed by atoms with van der Waals surface area (Å²) < 4.78 is 4.08. The Morgan fingerprint density at radius 2 is 1.83 bits per heavy atom. The predicted octanol–water partition coefficient (Wildman–Crippen LogP) is 3.71. The lowest BCUT2D eigenvalue weighted by atomic mass is 9.90. The van der Waals surface area contributed by atoms with Crippen LogP contribution in [0.15, 0.2) is 43.1 Å². The van der Waals surface area contributed by atoms with Gasteiger partial charge in [-0.2, -0.15) is 0 Å². The van der Waals surface area contributed by atoms with E-state index in [1.165, 1.54) is 43.4 Å². The molecule has 7 nitrogen and oxygen atoms in total. The highest BCUT2D eigenvalue weighted by molar-refractivity contribution is 7.80. The van der Waals surface area contributed by atoms with Gasteiger partial charge in [-0.05, 0) is 57.1 Å². The molecule has 2 atom stereocenters. The SMILES string of the molecule is Cc1cc([C@@H]2[C@@H](c3ccccn3)NC(=S)N2C2CCCCC2)c(C)n1-n1cnnc1. The third kappa shape index (κ3) is 3.19. The summed E-state index contributed by atoms with van der Waals surface area (Å²) in [7, 11) is 0. The zero-order valence-electron chi connectivity index (χ0n) is 17.4. The van der Waals surface area contributed by atoms with Gasteiger partial charge in [-0.1, -0.05) is 25.3 Å². The van der Waals surface area contributed by atoms with Crippen LogP contribution >= 0.6 is 12.2 Å². The van der Waals surface area contributed by atoms with Gasteiger partial charge >= 0.3 is 0 Å². The molecule has 156 valence electrons. The molecule has 0 bridgehead atoms. The van der Waals surface area contributed by atoms with Crippen LogP contribution in [-0.4, -0.2) is 40.6 Å². The van der Waals surface area contributed by atoms with E-state index < -0.39 is 0 Å². The van der Waals surface area contributed by atoms with Gasteiger partial charge in [0, 0.05) is 29.2 Å². The summed E-state index contributed by atoms with van der Waals surface area (Å²) in [6.07, 6.45) is 11.6. The molecule has 2 fully saturated rings. The number of pyridine rings is 1. The third-order valence-corrected chi connectivity index (χ3v) is 6.82. The zero-order chi connectivity index (χ0) is 20.7. The van der Waals surface area contributed by atoms with Gasteiger partial charge in [0.05, 0.1) is 17.8 Å². The van der Waals surface area contributed by atoms with Crippen LogP contribution in [0, 0.1) is 13.8 Å². The topological polar surface area (TPSA) is 63.8 Å². The zero-order valence-corrected chi connectivity index (χ0v) is 18.2. The molecule has 0 aromatic carbocycles. The predicted molar refractivity (Wildman–Crippen MR) is 119 cm³/mol. The van der Waals surface area contributed by atoms with E-state index in [0.29, 0.717) is 6.04 Å². The minimum absolute atomic E-state index is 0.0236. The fourth-order valence-electron chi connectivity index (χ4n) is 5.18. The molecule has 4 heterocycles. The van der Waals surface area contributed by atoms with E-state index in [1.807, 2.05) is 23.0 Å². The van der Waals surface area contributed by atoms with E-state index in [1.54, 1.807) is 12.7 Å². The number of rotatable bonds is 4. The molecule has 1 N–H and O–H groups in total. The first kappa shape index (κ1) is 19.2. The summed E-state index contributed by atoms with van der Waals surface area (Å²) in [5.74, 6) is 0. The van der Waals surface area contributed by atoms with Gasteiger partial charge in [-0.15, -0.1) is 10.2 Å². The molecule has 2 aliphatic rings. The van der Waals surface area contributed by atoms with Crippen LogP contribution in [0.1, 0.15) is 66.8 Å². The molecule has 0 radical (unpaired) electrons. The molecule has 8 heteroatoms. The smallest absolute Gasteiger partial charge is 0.170 e. The van der Waals surface area contributed by atoms with Crippen LogP contribution in [0.25, 0.3) is 0 Å². The molecule has 0 amide bonds. The lowest BCUT2D eigenvalue weighted by Crippen LogP contribution is -2.40. The van der Waals surface area contributed by atoms with E-state index in [2.05, 4.69) is 56.1 Å². The highest BCUT2D eigenvalue weighted by atomic mass is 32.1. The second kappa shape index (κ2) is 7.83. The summed E-state index contributed by atoms with van der Waals surface area (Å²) in [4.78, 5) is 7.14. The Hall–Kier alpha value is -2.74. The van der Waals surface area contributed by atoms with Gasteiger partial charge in [0.15, 0.2) is 5.11 Å². The molecular weight excluding hydrogens is 394 g/mol. The Labute approximate surface area is 182 Å². The molecule has 5 rings (SSSR count). The number of nitrogens with zero attached hydrogens (tertiary/aromatic N) is 6. The molecule has 3 aromatic rings. The molecule has 1 aliphatic carbocycles. The Morgan fingerprint density at radius 1 is 1.07 bits per heavy atom. The number of nitrogens with one attached hydrogen (secondary N) is 1. The molecule has 1 saturated heterocycles. The molecule has 0 unspecified atom stereocenters. The maximum absolute atomic E-state index is 5.89. The molecule has 1 aliphatic heterocycles. The summed E-state index contributed by atoms with van der Waals surface area (Å²) in [6, 6.07) is 8.98. The molecule has 3 aromatic heterocycles. The number of hydrogen-bond acceptors (Lipinski definition) is 4. The minimum atomic E-state index is 0.0236. The third-order valence-electron chi connectivity index (χ3n) is 6.49. The first-order valence-electron chi connectivity index (χ1n) is 10.7. The summed E-state index contributed by atoms with van der Waals surface area (Å²) in [5, 5.41) is 12.4. The van der Waals surface area contributed by atoms with E-state index >= 15 is 0 Å². The maximum Gasteiger partial charge on any atom is 0.170 e. The average molecular weight is 422 g/mol. The van der Waals surface area contributed by atoms with E-state index in [0.717, 1.165) is 16.5 Å².